The molecular formula is C12H9FN4O2. The van der Waals surface area contributed by atoms with Crippen molar-refractivity contribution in [3.8, 4) is 0 Å². The molecule has 19 heavy (non-hydrogen) atoms. The van der Waals surface area contributed by atoms with Crippen LogP contribution in [0.15, 0.2) is 28.9 Å². The van der Waals surface area contributed by atoms with Crippen molar-refractivity contribution in [2.45, 2.75) is 6.92 Å². The zero-order valence-corrected chi connectivity index (χ0v) is 9.90. The van der Waals surface area contributed by atoms with E-state index in [-0.39, 0.29) is 17.5 Å². The van der Waals surface area contributed by atoms with E-state index < -0.39 is 5.91 Å². The molecule has 96 valence electrons. The van der Waals surface area contributed by atoms with Gasteiger partial charge in [-0.25, -0.2) is 9.49 Å². The fraction of sp³-hybridized carbons (Fsp3) is 0.0833. The average Bonchev–Trinajstić information content (AvgIpc) is 2.98. The fourth-order valence-corrected chi connectivity index (χ4v) is 1.84. The van der Waals surface area contributed by atoms with Gasteiger partial charge in [-0.1, -0.05) is 0 Å². The number of nitrogens with one attached hydrogen (secondary N) is 2. The molecule has 7 heteroatoms. The number of H-pyrrole nitrogens is 1. The van der Waals surface area contributed by atoms with Gasteiger partial charge in [0.15, 0.2) is 5.76 Å². The average molecular weight is 260 g/mol. The van der Waals surface area contributed by atoms with Crippen molar-refractivity contribution < 1.29 is 13.6 Å². The van der Waals surface area contributed by atoms with E-state index in [1.807, 2.05) is 0 Å². The van der Waals surface area contributed by atoms with Crippen molar-refractivity contribution in [1.29, 1.82) is 0 Å². The van der Waals surface area contributed by atoms with Crippen LogP contribution < -0.4 is 5.32 Å². The molecule has 0 unspecified atom stereocenters. The van der Waals surface area contributed by atoms with Gasteiger partial charge in [0.25, 0.3) is 5.91 Å². The van der Waals surface area contributed by atoms with Crippen molar-refractivity contribution >= 4 is 22.8 Å². The number of aryl methyl sites for hydroxylation is 1. The molecule has 3 rings (SSSR count). The quantitative estimate of drug-likeness (QED) is 0.740. The molecule has 0 saturated carbocycles. The first-order valence-corrected chi connectivity index (χ1v) is 5.50. The molecule has 0 aliphatic heterocycles. The lowest BCUT2D eigenvalue weighted by Crippen LogP contribution is -2.13. The van der Waals surface area contributed by atoms with Crippen LogP contribution in [0.5, 0.6) is 0 Å². The number of furan rings is 1. The SMILES string of the molecule is Cc1c(C(=O)Nc2ncn[nH]2)oc2ccc(F)cc12. The van der Waals surface area contributed by atoms with Gasteiger partial charge in [-0.05, 0) is 25.1 Å². The lowest BCUT2D eigenvalue weighted by atomic mass is 10.1. The Morgan fingerprint density at radius 2 is 2.32 bits per heavy atom. The number of halogens is 1. The molecule has 0 aliphatic rings. The topological polar surface area (TPSA) is 83.8 Å². The van der Waals surface area contributed by atoms with Crippen LogP contribution in [-0.2, 0) is 0 Å². The maximum absolute atomic E-state index is 13.2. The summed E-state index contributed by atoms with van der Waals surface area (Å²) in [5, 5.41) is 9.19. The van der Waals surface area contributed by atoms with Gasteiger partial charge >= 0.3 is 0 Å². The largest absolute Gasteiger partial charge is 0.451 e. The first-order chi connectivity index (χ1) is 9.15. The third-order valence-electron chi connectivity index (χ3n) is 2.75. The Hall–Kier alpha value is -2.70. The Labute approximate surface area is 106 Å². The zero-order valence-electron chi connectivity index (χ0n) is 9.90. The smallest absolute Gasteiger partial charge is 0.294 e. The summed E-state index contributed by atoms with van der Waals surface area (Å²) in [5.41, 5.74) is 1.04. The second-order valence-electron chi connectivity index (χ2n) is 3.98. The summed E-state index contributed by atoms with van der Waals surface area (Å²) in [5.74, 6) is -0.502. The Balaban J connectivity index is 2.00. The van der Waals surface area contributed by atoms with Crippen molar-refractivity contribution in [3.05, 3.63) is 41.7 Å². The number of anilines is 1. The van der Waals surface area contributed by atoms with Gasteiger partial charge in [-0.3, -0.25) is 10.1 Å². The second kappa shape index (κ2) is 4.20. The first-order valence-electron chi connectivity index (χ1n) is 5.50. The van der Waals surface area contributed by atoms with Crippen LogP contribution in [0.4, 0.5) is 10.3 Å². The van der Waals surface area contributed by atoms with E-state index in [0.717, 1.165) is 0 Å². The second-order valence-corrected chi connectivity index (χ2v) is 3.98. The highest BCUT2D eigenvalue weighted by Crippen LogP contribution is 2.26. The van der Waals surface area contributed by atoms with Gasteiger partial charge in [-0.2, -0.15) is 10.1 Å². The molecule has 6 nitrogen and oxygen atoms in total. The van der Waals surface area contributed by atoms with Crippen LogP contribution in [0.2, 0.25) is 0 Å². The van der Waals surface area contributed by atoms with Crippen molar-refractivity contribution in [3.63, 3.8) is 0 Å². The number of benzene rings is 1. The molecule has 0 radical (unpaired) electrons. The number of hydrogen-bond donors (Lipinski definition) is 2. The molecule has 0 bridgehead atoms. The number of nitrogens with zero attached hydrogens (tertiary/aromatic N) is 2. The molecule has 2 heterocycles. The van der Waals surface area contributed by atoms with Gasteiger partial charge < -0.3 is 4.42 Å². The van der Waals surface area contributed by atoms with E-state index in [9.17, 15) is 9.18 Å². The van der Waals surface area contributed by atoms with Crippen LogP contribution >= 0.6 is 0 Å². The zero-order chi connectivity index (χ0) is 13.4. The third-order valence-corrected chi connectivity index (χ3v) is 2.75. The van der Waals surface area contributed by atoms with Crippen LogP contribution in [0.3, 0.4) is 0 Å². The highest BCUT2D eigenvalue weighted by Gasteiger charge is 2.18. The summed E-state index contributed by atoms with van der Waals surface area (Å²) in [4.78, 5) is 15.8. The van der Waals surface area contributed by atoms with Crippen LogP contribution in [-0.4, -0.2) is 21.1 Å². The molecule has 2 aromatic heterocycles. The monoisotopic (exact) mass is 260 g/mol. The molecule has 1 amide bonds. The minimum Gasteiger partial charge on any atom is -0.451 e. The van der Waals surface area contributed by atoms with E-state index >= 15 is 0 Å². The molecule has 2 N–H and O–H groups in total. The minimum absolute atomic E-state index is 0.122. The summed E-state index contributed by atoms with van der Waals surface area (Å²) in [6, 6.07) is 4.10. The van der Waals surface area contributed by atoms with Crippen LogP contribution in [0.25, 0.3) is 11.0 Å². The molecule has 0 aliphatic carbocycles. The molecule has 0 atom stereocenters. The molecular weight excluding hydrogens is 251 g/mol. The van der Waals surface area contributed by atoms with Gasteiger partial charge in [0.05, 0.1) is 0 Å². The molecule has 0 saturated heterocycles. The number of aromatic nitrogens is 3. The fourth-order valence-electron chi connectivity index (χ4n) is 1.84. The number of amides is 1. The van der Waals surface area contributed by atoms with Crippen LogP contribution in [0.1, 0.15) is 16.1 Å². The maximum Gasteiger partial charge on any atom is 0.294 e. The summed E-state index contributed by atoms with van der Waals surface area (Å²) >= 11 is 0. The number of fused-ring (bicyclic) bond motifs is 1. The summed E-state index contributed by atoms with van der Waals surface area (Å²) in [7, 11) is 0. The molecule has 1 aromatic carbocycles. The number of hydrogen-bond acceptors (Lipinski definition) is 4. The number of carbonyl (C=O) groups excluding carboxylic acids is 1. The van der Waals surface area contributed by atoms with E-state index in [4.69, 9.17) is 4.42 Å². The summed E-state index contributed by atoms with van der Waals surface area (Å²) < 4.78 is 18.6. The summed E-state index contributed by atoms with van der Waals surface area (Å²) in [6.07, 6.45) is 1.27. The number of rotatable bonds is 2. The van der Waals surface area contributed by atoms with Crippen molar-refractivity contribution in [2.75, 3.05) is 5.32 Å². The third kappa shape index (κ3) is 1.95. The first kappa shape index (κ1) is 11.4. The Bertz CT molecular complexity index is 749. The van der Waals surface area contributed by atoms with E-state index in [0.29, 0.717) is 16.5 Å². The van der Waals surface area contributed by atoms with Crippen molar-refractivity contribution in [1.82, 2.24) is 15.2 Å². The van der Waals surface area contributed by atoms with Crippen LogP contribution in [0, 0.1) is 12.7 Å². The van der Waals surface area contributed by atoms with Gasteiger partial charge in [0, 0.05) is 10.9 Å². The maximum atomic E-state index is 13.2. The number of aromatic amines is 1. The van der Waals surface area contributed by atoms with E-state index in [2.05, 4.69) is 20.5 Å². The van der Waals surface area contributed by atoms with Gasteiger partial charge in [-0.15, -0.1) is 0 Å². The molecule has 0 fully saturated rings. The Morgan fingerprint density at radius 1 is 1.47 bits per heavy atom. The van der Waals surface area contributed by atoms with Gasteiger partial charge in [0.1, 0.15) is 17.7 Å². The minimum atomic E-state index is -0.467. The highest BCUT2D eigenvalue weighted by molar-refractivity contribution is 6.05. The predicted octanol–water partition coefficient (Wildman–Crippen LogP) is 2.25. The standard InChI is InChI=1S/C12H9FN4O2/c1-6-8-4-7(13)2-3-9(8)19-10(6)11(18)16-12-14-5-15-17-12/h2-5H,1H3,(H2,14,15,16,17,18). The lowest BCUT2D eigenvalue weighted by molar-refractivity contribution is 0.0997. The van der Waals surface area contributed by atoms with Gasteiger partial charge in [0.2, 0.25) is 5.95 Å². The Kier molecular flexibility index (Phi) is 2.52. The van der Waals surface area contributed by atoms with E-state index in [1.54, 1.807) is 6.92 Å². The normalized spacial score (nSPS) is 10.8. The molecule has 0 spiro atoms. The Morgan fingerprint density at radius 3 is 3.05 bits per heavy atom. The van der Waals surface area contributed by atoms with E-state index in [1.165, 1.54) is 24.5 Å². The predicted molar refractivity (Wildman–Crippen MR) is 65.2 cm³/mol. The molecule has 3 aromatic rings. The van der Waals surface area contributed by atoms with Crippen molar-refractivity contribution in [2.24, 2.45) is 0 Å². The summed E-state index contributed by atoms with van der Waals surface area (Å²) in [6.45, 7) is 1.70. The number of carbonyl (C=O) groups is 1. The lowest BCUT2D eigenvalue weighted by Gasteiger charge is -1.98. The highest BCUT2D eigenvalue weighted by atomic mass is 19.1.